The Kier molecular flexibility index (Phi) is 5.30. The minimum Gasteiger partial charge on any atom is -0.271 e. The molecule has 0 aromatic heterocycles. The van der Waals surface area contributed by atoms with Gasteiger partial charge in [0.15, 0.2) is 0 Å². The summed E-state index contributed by atoms with van der Waals surface area (Å²) in [6, 6.07) is 0.606. The van der Waals surface area contributed by atoms with E-state index in [4.69, 9.17) is 5.84 Å². The van der Waals surface area contributed by atoms with Crippen LogP contribution in [-0.4, -0.2) is 6.04 Å². The molecule has 17 heavy (non-hydrogen) atoms. The number of nitrogens with two attached hydrogens (primary N) is 1. The Labute approximate surface area is 107 Å². The molecule has 2 nitrogen and oxygen atoms in total. The van der Waals surface area contributed by atoms with Crippen LogP contribution in [0.25, 0.3) is 0 Å². The number of nitrogens with one attached hydrogen (secondary N) is 1. The largest absolute Gasteiger partial charge is 0.271 e. The highest BCUT2D eigenvalue weighted by Crippen LogP contribution is 2.55. The van der Waals surface area contributed by atoms with Gasteiger partial charge >= 0.3 is 0 Å². The van der Waals surface area contributed by atoms with Crippen LogP contribution in [0.4, 0.5) is 0 Å². The third-order valence-electron chi connectivity index (χ3n) is 4.93. The standard InChI is InChI=1S/C15H30N2/c1-2-3-4-5-6-7-8-15(17-16)14-10-12-9-13(12)11-14/h12-15,17H,2-11,16H2,1H3. The molecule has 0 spiro atoms. The van der Waals surface area contributed by atoms with Crippen molar-refractivity contribution in [1.29, 1.82) is 0 Å². The number of fused-ring (bicyclic) bond motifs is 1. The summed E-state index contributed by atoms with van der Waals surface area (Å²) in [7, 11) is 0. The molecule has 0 aromatic rings. The number of unbranched alkanes of at least 4 members (excludes halogenated alkanes) is 5. The fourth-order valence-corrected chi connectivity index (χ4v) is 3.69. The molecule has 2 aliphatic carbocycles. The number of hydrogen-bond acceptors (Lipinski definition) is 2. The third-order valence-corrected chi connectivity index (χ3v) is 4.93. The molecule has 2 heteroatoms. The number of hydrazine groups is 1. The highest BCUT2D eigenvalue weighted by Gasteiger charge is 2.47. The Morgan fingerprint density at radius 2 is 1.65 bits per heavy atom. The molecule has 2 fully saturated rings. The molecule has 0 amide bonds. The molecule has 2 aliphatic rings. The van der Waals surface area contributed by atoms with E-state index >= 15 is 0 Å². The molecule has 0 aromatic carbocycles. The predicted octanol–water partition coefficient (Wildman–Crippen LogP) is 3.62. The van der Waals surface area contributed by atoms with E-state index in [1.165, 1.54) is 64.2 Å². The lowest BCUT2D eigenvalue weighted by Crippen LogP contribution is -2.40. The van der Waals surface area contributed by atoms with Gasteiger partial charge < -0.3 is 0 Å². The lowest BCUT2D eigenvalue weighted by atomic mass is 9.91. The van der Waals surface area contributed by atoms with Crippen LogP contribution in [0.2, 0.25) is 0 Å². The first-order valence-electron chi connectivity index (χ1n) is 7.81. The van der Waals surface area contributed by atoms with E-state index in [9.17, 15) is 0 Å². The van der Waals surface area contributed by atoms with Crippen molar-refractivity contribution < 1.29 is 0 Å². The van der Waals surface area contributed by atoms with Gasteiger partial charge in [0.1, 0.15) is 0 Å². The molecule has 3 unspecified atom stereocenters. The van der Waals surface area contributed by atoms with E-state index in [-0.39, 0.29) is 0 Å². The minimum absolute atomic E-state index is 0.606. The first-order valence-corrected chi connectivity index (χ1v) is 7.81. The van der Waals surface area contributed by atoms with Crippen LogP contribution >= 0.6 is 0 Å². The lowest BCUT2D eigenvalue weighted by molar-refractivity contribution is 0.313. The van der Waals surface area contributed by atoms with E-state index < -0.39 is 0 Å². The summed E-state index contributed by atoms with van der Waals surface area (Å²) in [6.45, 7) is 2.28. The van der Waals surface area contributed by atoms with Crippen molar-refractivity contribution in [3.05, 3.63) is 0 Å². The molecule has 0 saturated heterocycles. The second-order valence-electron chi connectivity index (χ2n) is 6.32. The smallest absolute Gasteiger partial charge is 0.0239 e. The van der Waals surface area contributed by atoms with Gasteiger partial charge in [0.25, 0.3) is 0 Å². The lowest BCUT2D eigenvalue weighted by Gasteiger charge is -2.24. The molecule has 3 atom stereocenters. The molecular formula is C15H30N2. The summed E-state index contributed by atoms with van der Waals surface area (Å²) in [5.74, 6) is 8.78. The molecule has 2 rings (SSSR count). The van der Waals surface area contributed by atoms with Crippen molar-refractivity contribution >= 4 is 0 Å². The Morgan fingerprint density at radius 3 is 2.29 bits per heavy atom. The van der Waals surface area contributed by atoms with Gasteiger partial charge in [0.2, 0.25) is 0 Å². The van der Waals surface area contributed by atoms with Crippen molar-refractivity contribution in [2.24, 2.45) is 23.6 Å². The molecule has 0 bridgehead atoms. The van der Waals surface area contributed by atoms with Gasteiger partial charge in [-0.2, -0.15) is 0 Å². The first kappa shape index (κ1) is 13.4. The fourth-order valence-electron chi connectivity index (χ4n) is 3.69. The molecule has 100 valence electrons. The Morgan fingerprint density at radius 1 is 1.00 bits per heavy atom. The Bertz CT molecular complexity index is 207. The summed E-state index contributed by atoms with van der Waals surface area (Å²) in [6.07, 6.45) is 14.1. The van der Waals surface area contributed by atoms with E-state index in [0.717, 1.165) is 17.8 Å². The van der Waals surface area contributed by atoms with E-state index in [1.54, 1.807) is 0 Å². The zero-order chi connectivity index (χ0) is 12.1. The Balaban J connectivity index is 1.53. The second kappa shape index (κ2) is 6.75. The number of rotatable bonds is 9. The normalized spacial score (nSPS) is 32.5. The summed E-state index contributed by atoms with van der Waals surface area (Å²) in [5.41, 5.74) is 3.09. The van der Waals surface area contributed by atoms with Crippen molar-refractivity contribution in [2.45, 2.75) is 77.2 Å². The maximum absolute atomic E-state index is 5.73. The van der Waals surface area contributed by atoms with Gasteiger partial charge in [-0.25, -0.2) is 0 Å². The summed E-state index contributed by atoms with van der Waals surface area (Å²) in [5, 5.41) is 0. The van der Waals surface area contributed by atoms with Crippen LogP contribution in [0.3, 0.4) is 0 Å². The van der Waals surface area contributed by atoms with Crippen molar-refractivity contribution in [3.63, 3.8) is 0 Å². The monoisotopic (exact) mass is 238 g/mol. The van der Waals surface area contributed by atoms with E-state index in [2.05, 4.69) is 12.3 Å². The molecule has 0 aliphatic heterocycles. The van der Waals surface area contributed by atoms with Gasteiger partial charge in [0.05, 0.1) is 0 Å². The fraction of sp³-hybridized carbons (Fsp3) is 1.00. The van der Waals surface area contributed by atoms with Gasteiger partial charge in [-0.3, -0.25) is 11.3 Å². The van der Waals surface area contributed by atoms with Gasteiger partial charge in [-0.1, -0.05) is 45.4 Å². The molecule has 0 heterocycles. The predicted molar refractivity (Wildman–Crippen MR) is 73.4 cm³/mol. The van der Waals surface area contributed by atoms with Crippen LogP contribution in [0.1, 0.15) is 71.1 Å². The van der Waals surface area contributed by atoms with Crippen LogP contribution in [0.5, 0.6) is 0 Å². The summed E-state index contributed by atoms with van der Waals surface area (Å²) >= 11 is 0. The maximum atomic E-state index is 5.73. The quantitative estimate of drug-likeness (QED) is 0.366. The summed E-state index contributed by atoms with van der Waals surface area (Å²) in [4.78, 5) is 0. The SMILES string of the molecule is CCCCCCCCC(NN)C1CC2CC2C1. The average Bonchev–Trinajstić information content (AvgIpc) is 2.96. The highest BCUT2D eigenvalue weighted by molar-refractivity contribution is 4.98. The minimum atomic E-state index is 0.606. The average molecular weight is 238 g/mol. The maximum Gasteiger partial charge on any atom is 0.0239 e. The molecular weight excluding hydrogens is 208 g/mol. The van der Waals surface area contributed by atoms with Crippen molar-refractivity contribution in [1.82, 2.24) is 5.43 Å². The van der Waals surface area contributed by atoms with Crippen molar-refractivity contribution in [2.75, 3.05) is 0 Å². The van der Waals surface area contributed by atoms with Gasteiger partial charge in [-0.15, -0.1) is 0 Å². The zero-order valence-electron chi connectivity index (χ0n) is 11.5. The first-order chi connectivity index (χ1) is 8.35. The zero-order valence-corrected chi connectivity index (χ0v) is 11.5. The van der Waals surface area contributed by atoms with Crippen LogP contribution in [0, 0.1) is 17.8 Å². The molecule has 2 saturated carbocycles. The second-order valence-corrected chi connectivity index (χ2v) is 6.32. The molecule has 3 N–H and O–H groups in total. The van der Waals surface area contributed by atoms with Crippen molar-refractivity contribution in [3.8, 4) is 0 Å². The summed E-state index contributed by atoms with van der Waals surface area (Å²) < 4.78 is 0. The van der Waals surface area contributed by atoms with Crippen LogP contribution in [-0.2, 0) is 0 Å². The van der Waals surface area contributed by atoms with Gasteiger partial charge in [0, 0.05) is 6.04 Å². The highest BCUT2D eigenvalue weighted by atomic mass is 15.2. The van der Waals surface area contributed by atoms with E-state index in [1.807, 2.05) is 0 Å². The third kappa shape index (κ3) is 3.96. The van der Waals surface area contributed by atoms with Crippen LogP contribution < -0.4 is 11.3 Å². The van der Waals surface area contributed by atoms with Gasteiger partial charge in [-0.05, 0) is 43.4 Å². The van der Waals surface area contributed by atoms with E-state index in [0.29, 0.717) is 6.04 Å². The topological polar surface area (TPSA) is 38.0 Å². The molecule has 0 radical (unpaired) electrons. The number of hydrogen-bond donors (Lipinski definition) is 2. The Hall–Kier alpha value is -0.0800. The van der Waals surface area contributed by atoms with Crippen LogP contribution in [0.15, 0.2) is 0 Å².